The average molecular weight is 489 g/mol. The maximum atomic E-state index is 5.86. The summed E-state index contributed by atoms with van der Waals surface area (Å²) in [4.78, 5) is 7.35. The number of hydrogen-bond donors (Lipinski definition) is 1. The van der Waals surface area contributed by atoms with Gasteiger partial charge in [-0.05, 0) is 44.2 Å². The number of likely N-dealkylation sites (tertiary alicyclic amines) is 1. The molecule has 7 heteroatoms. The Bertz CT molecular complexity index is 581. The van der Waals surface area contributed by atoms with Crippen LogP contribution in [0.4, 0.5) is 0 Å². The molecule has 4 rings (SSSR count). The van der Waals surface area contributed by atoms with Gasteiger partial charge in [0.25, 0.3) is 0 Å². The van der Waals surface area contributed by atoms with Crippen molar-refractivity contribution in [3.05, 3.63) is 24.2 Å². The lowest BCUT2D eigenvalue weighted by molar-refractivity contribution is 0.0223. The van der Waals surface area contributed by atoms with Crippen LogP contribution in [0.2, 0.25) is 0 Å². The van der Waals surface area contributed by atoms with E-state index in [0.29, 0.717) is 5.41 Å². The van der Waals surface area contributed by atoms with E-state index in [1.54, 1.807) is 6.26 Å². The molecule has 1 aromatic heterocycles. The Kier molecular flexibility index (Phi) is 7.84. The van der Waals surface area contributed by atoms with Gasteiger partial charge in [-0.3, -0.25) is 4.99 Å². The van der Waals surface area contributed by atoms with E-state index in [2.05, 4.69) is 10.2 Å². The summed E-state index contributed by atoms with van der Waals surface area (Å²) in [6.07, 6.45) is 8.82. The van der Waals surface area contributed by atoms with Crippen molar-refractivity contribution in [3.63, 3.8) is 0 Å². The van der Waals surface area contributed by atoms with Gasteiger partial charge in [-0.25, -0.2) is 0 Å². The molecule has 3 aliphatic heterocycles. The molecule has 1 N–H and O–H groups in total. The molecule has 0 aliphatic carbocycles. The molecular weight excluding hydrogens is 457 g/mol. The second kappa shape index (κ2) is 10.1. The molecular formula is C20H32IN3O3. The molecule has 1 aromatic rings. The van der Waals surface area contributed by atoms with Gasteiger partial charge < -0.3 is 24.1 Å². The van der Waals surface area contributed by atoms with Crippen LogP contribution in [-0.4, -0.2) is 63.0 Å². The highest BCUT2D eigenvalue weighted by Crippen LogP contribution is 2.38. The highest BCUT2D eigenvalue weighted by Gasteiger charge is 2.42. The third-order valence-electron chi connectivity index (χ3n) is 5.88. The first kappa shape index (κ1) is 20.9. The van der Waals surface area contributed by atoms with Crippen molar-refractivity contribution in [2.75, 3.05) is 46.0 Å². The van der Waals surface area contributed by atoms with Crippen LogP contribution in [-0.2, 0) is 15.9 Å². The SMILES string of the molecule is I.c1coc(CCNC(=NCC2CCCCO2)N2CCC3(CCOC3)C2)c1. The van der Waals surface area contributed by atoms with Gasteiger partial charge in [0, 0.05) is 44.7 Å². The summed E-state index contributed by atoms with van der Waals surface area (Å²) in [5, 5.41) is 3.57. The fourth-order valence-electron chi connectivity index (χ4n) is 4.25. The smallest absolute Gasteiger partial charge is 0.194 e. The predicted octanol–water partition coefficient (Wildman–Crippen LogP) is 3.07. The first-order valence-corrected chi connectivity index (χ1v) is 10.1. The molecule has 27 heavy (non-hydrogen) atoms. The van der Waals surface area contributed by atoms with E-state index in [9.17, 15) is 0 Å². The fraction of sp³-hybridized carbons (Fsp3) is 0.750. The molecule has 2 atom stereocenters. The number of furan rings is 1. The van der Waals surface area contributed by atoms with Gasteiger partial charge in [-0.15, -0.1) is 24.0 Å². The lowest BCUT2D eigenvalue weighted by atomic mass is 9.87. The molecule has 152 valence electrons. The number of rotatable bonds is 5. The topological polar surface area (TPSA) is 59.2 Å². The Hall–Kier alpha value is -0.800. The molecule has 0 aromatic carbocycles. The van der Waals surface area contributed by atoms with Crippen LogP contribution in [0.25, 0.3) is 0 Å². The van der Waals surface area contributed by atoms with E-state index in [4.69, 9.17) is 18.9 Å². The van der Waals surface area contributed by atoms with Crippen LogP contribution in [0.15, 0.2) is 27.8 Å². The number of guanidine groups is 1. The number of nitrogens with zero attached hydrogens (tertiary/aromatic N) is 2. The average Bonchev–Trinajstić information content (AvgIpc) is 3.43. The molecule has 4 heterocycles. The van der Waals surface area contributed by atoms with Crippen LogP contribution in [0.1, 0.15) is 37.9 Å². The maximum absolute atomic E-state index is 5.86. The molecule has 0 amide bonds. The molecule has 0 radical (unpaired) electrons. The minimum atomic E-state index is 0. The minimum absolute atomic E-state index is 0. The lowest BCUT2D eigenvalue weighted by Crippen LogP contribution is -2.43. The van der Waals surface area contributed by atoms with Crippen molar-refractivity contribution in [2.45, 2.75) is 44.6 Å². The summed E-state index contributed by atoms with van der Waals surface area (Å²) in [5.74, 6) is 2.03. The number of hydrogen-bond acceptors (Lipinski definition) is 4. The second-order valence-corrected chi connectivity index (χ2v) is 7.88. The molecule has 0 saturated carbocycles. The lowest BCUT2D eigenvalue weighted by Gasteiger charge is -2.26. The summed E-state index contributed by atoms with van der Waals surface area (Å²) in [5.41, 5.74) is 0.338. The van der Waals surface area contributed by atoms with Gasteiger partial charge in [0.2, 0.25) is 0 Å². The number of nitrogens with one attached hydrogen (secondary N) is 1. The van der Waals surface area contributed by atoms with E-state index < -0.39 is 0 Å². The Morgan fingerprint density at radius 3 is 3.00 bits per heavy atom. The van der Waals surface area contributed by atoms with Crippen LogP contribution < -0.4 is 5.32 Å². The van der Waals surface area contributed by atoms with Gasteiger partial charge in [-0.2, -0.15) is 0 Å². The summed E-state index contributed by atoms with van der Waals surface area (Å²) in [6, 6.07) is 3.96. The Morgan fingerprint density at radius 1 is 1.30 bits per heavy atom. The van der Waals surface area contributed by atoms with E-state index in [0.717, 1.165) is 70.6 Å². The maximum Gasteiger partial charge on any atom is 0.194 e. The molecule has 2 unspecified atom stereocenters. The summed E-state index contributed by atoms with van der Waals surface area (Å²) >= 11 is 0. The van der Waals surface area contributed by atoms with Crippen molar-refractivity contribution >= 4 is 29.9 Å². The zero-order valence-corrected chi connectivity index (χ0v) is 18.4. The molecule has 3 saturated heterocycles. The van der Waals surface area contributed by atoms with Crippen molar-refractivity contribution in [1.29, 1.82) is 0 Å². The number of aliphatic imine (C=N–C) groups is 1. The van der Waals surface area contributed by atoms with Crippen LogP contribution in [0, 0.1) is 5.41 Å². The van der Waals surface area contributed by atoms with Crippen LogP contribution >= 0.6 is 24.0 Å². The van der Waals surface area contributed by atoms with Crippen molar-refractivity contribution in [1.82, 2.24) is 10.2 Å². The number of ether oxygens (including phenoxy) is 2. The van der Waals surface area contributed by atoms with E-state index in [-0.39, 0.29) is 30.1 Å². The minimum Gasteiger partial charge on any atom is -0.469 e. The summed E-state index contributed by atoms with van der Waals surface area (Å²) in [7, 11) is 0. The molecule has 3 aliphatic rings. The third kappa shape index (κ3) is 5.60. The van der Waals surface area contributed by atoms with Gasteiger partial charge in [0.05, 0.1) is 25.5 Å². The summed E-state index contributed by atoms with van der Waals surface area (Å²) in [6.45, 7) is 6.37. The largest absolute Gasteiger partial charge is 0.469 e. The highest BCUT2D eigenvalue weighted by molar-refractivity contribution is 14.0. The zero-order chi connectivity index (χ0) is 17.7. The molecule has 6 nitrogen and oxygen atoms in total. The Balaban J connectivity index is 0.00000210. The Morgan fingerprint density at radius 2 is 2.26 bits per heavy atom. The third-order valence-corrected chi connectivity index (χ3v) is 5.88. The van der Waals surface area contributed by atoms with E-state index in [1.807, 2.05) is 12.1 Å². The molecule has 0 bridgehead atoms. The van der Waals surface area contributed by atoms with Crippen molar-refractivity contribution in [2.24, 2.45) is 10.4 Å². The molecule has 3 fully saturated rings. The second-order valence-electron chi connectivity index (χ2n) is 7.88. The van der Waals surface area contributed by atoms with Gasteiger partial charge in [0.15, 0.2) is 5.96 Å². The highest BCUT2D eigenvalue weighted by atomic mass is 127. The first-order chi connectivity index (χ1) is 12.8. The number of halogens is 1. The monoisotopic (exact) mass is 489 g/mol. The molecule has 1 spiro atoms. The standard InChI is InChI=1S/C20H31N3O3.HI/c1-2-11-26-18(4-1)14-22-19(21-9-6-17-5-3-12-25-17)23-10-7-20(15-23)8-13-24-16-20;/h3,5,12,18H,1-2,4,6-11,13-16H2,(H,21,22);1H. The van der Waals surface area contributed by atoms with Crippen molar-refractivity contribution < 1.29 is 13.9 Å². The van der Waals surface area contributed by atoms with E-state index >= 15 is 0 Å². The van der Waals surface area contributed by atoms with Gasteiger partial charge in [-0.1, -0.05) is 0 Å². The first-order valence-electron chi connectivity index (χ1n) is 10.1. The van der Waals surface area contributed by atoms with Crippen LogP contribution in [0.5, 0.6) is 0 Å². The zero-order valence-electron chi connectivity index (χ0n) is 16.0. The Labute approximate surface area is 179 Å². The summed E-state index contributed by atoms with van der Waals surface area (Å²) < 4.78 is 17.0. The van der Waals surface area contributed by atoms with Crippen molar-refractivity contribution in [3.8, 4) is 0 Å². The predicted molar refractivity (Wildman–Crippen MR) is 116 cm³/mol. The van der Waals surface area contributed by atoms with E-state index in [1.165, 1.54) is 25.7 Å². The quantitative estimate of drug-likeness (QED) is 0.392. The van der Waals surface area contributed by atoms with Gasteiger partial charge in [0.1, 0.15) is 5.76 Å². The van der Waals surface area contributed by atoms with Gasteiger partial charge >= 0.3 is 0 Å². The fourth-order valence-corrected chi connectivity index (χ4v) is 4.25. The normalized spacial score (nSPS) is 28.5. The van der Waals surface area contributed by atoms with Crippen LogP contribution in [0.3, 0.4) is 0 Å².